The Balaban J connectivity index is 3.30. The minimum Gasteiger partial charge on any atom is -0.379 e. The number of halogens is 3. The van der Waals surface area contributed by atoms with Crippen LogP contribution in [-0.4, -0.2) is 96.4 Å². The molecule has 0 rings (SSSR count). The molecule has 0 aliphatic rings. The molecule has 154 valence electrons. The van der Waals surface area contributed by atoms with E-state index in [0.29, 0.717) is 44.4 Å². The normalized spacial score (nSPS) is 11.4. The van der Waals surface area contributed by atoms with Crippen LogP contribution < -0.4 is 5.32 Å². The van der Waals surface area contributed by atoms with Gasteiger partial charge in [-0.25, -0.2) is 0 Å². The van der Waals surface area contributed by atoms with Crippen molar-refractivity contribution in [3.63, 3.8) is 0 Å². The third-order valence-corrected chi connectivity index (χ3v) is 3.03. The molecule has 0 spiro atoms. The first-order valence-electron chi connectivity index (χ1n) is 8.13. The number of hydrogen-bond acceptors (Lipinski definition) is 6. The topological polar surface area (TPSA) is 86.3 Å². The molecule has 0 atom stereocenters. The van der Waals surface area contributed by atoms with Crippen molar-refractivity contribution < 1.29 is 41.7 Å². The molecule has 0 aliphatic carbocycles. The van der Waals surface area contributed by atoms with Gasteiger partial charge in [-0.15, -0.1) is 0 Å². The molecule has 0 aromatic rings. The van der Waals surface area contributed by atoms with Gasteiger partial charge < -0.3 is 29.2 Å². The van der Waals surface area contributed by atoms with Gasteiger partial charge in [-0.05, 0) is 0 Å². The lowest BCUT2D eigenvalue weighted by Crippen LogP contribution is -2.40. The fourth-order valence-electron chi connectivity index (χ4n) is 1.57. The van der Waals surface area contributed by atoms with Gasteiger partial charge in [0.2, 0.25) is 5.91 Å². The Morgan fingerprint density at radius 1 is 0.846 bits per heavy atom. The zero-order valence-electron chi connectivity index (χ0n) is 15.1. The number of hydrogen-bond donors (Lipinski definition) is 1. The van der Waals surface area contributed by atoms with Crippen LogP contribution in [0, 0.1) is 0 Å². The molecule has 8 nitrogen and oxygen atoms in total. The standard InChI is InChI=1S/C15H27F3N2O6/c1-19-13(21)3-5-23-7-9-25-11-12-26-10-8-24-6-4-20(2)14(22)15(16,17)18/h3-12H2,1-2H3,(H,19,21). The van der Waals surface area contributed by atoms with Crippen LogP contribution >= 0.6 is 0 Å². The van der Waals surface area contributed by atoms with Crippen LogP contribution in [0.3, 0.4) is 0 Å². The van der Waals surface area contributed by atoms with Crippen molar-refractivity contribution in [1.29, 1.82) is 0 Å². The van der Waals surface area contributed by atoms with E-state index in [1.807, 2.05) is 0 Å². The number of ether oxygens (including phenoxy) is 4. The van der Waals surface area contributed by atoms with Crippen molar-refractivity contribution in [3.8, 4) is 0 Å². The molecule has 0 bridgehead atoms. The van der Waals surface area contributed by atoms with Gasteiger partial charge in [0.05, 0.1) is 52.9 Å². The number of alkyl halides is 3. The highest BCUT2D eigenvalue weighted by Gasteiger charge is 2.40. The van der Waals surface area contributed by atoms with E-state index < -0.39 is 12.1 Å². The van der Waals surface area contributed by atoms with E-state index in [4.69, 9.17) is 18.9 Å². The first-order chi connectivity index (χ1) is 12.3. The van der Waals surface area contributed by atoms with Crippen LogP contribution in [0.15, 0.2) is 0 Å². The summed E-state index contributed by atoms with van der Waals surface area (Å²) in [6.45, 7) is 2.11. The fourth-order valence-corrected chi connectivity index (χ4v) is 1.57. The molecule has 0 fully saturated rings. The molecule has 11 heteroatoms. The highest BCUT2D eigenvalue weighted by molar-refractivity contribution is 5.81. The predicted octanol–water partition coefficient (Wildman–Crippen LogP) is 0.210. The van der Waals surface area contributed by atoms with Gasteiger partial charge in [0.1, 0.15) is 0 Å². The summed E-state index contributed by atoms with van der Waals surface area (Å²) < 4.78 is 57.1. The summed E-state index contributed by atoms with van der Waals surface area (Å²) in [4.78, 5) is 22.3. The molecule has 0 aromatic carbocycles. The lowest BCUT2D eigenvalue weighted by molar-refractivity contribution is -0.184. The zero-order chi connectivity index (χ0) is 19.8. The number of nitrogens with zero attached hydrogens (tertiary/aromatic N) is 1. The lowest BCUT2D eigenvalue weighted by Gasteiger charge is -2.18. The van der Waals surface area contributed by atoms with Crippen molar-refractivity contribution in [2.24, 2.45) is 0 Å². The van der Waals surface area contributed by atoms with Gasteiger partial charge in [-0.3, -0.25) is 9.59 Å². The van der Waals surface area contributed by atoms with Crippen molar-refractivity contribution >= 4 is 11.8 Å². The summed E-state index contributed by atoms with van der Waals surface area (Å²) in [6, 6.07) is 0. The van der Waals surface area contributed by atoms with Crippen molar-refractivity contribution in [2.75, 3.05) is 73.5 Å². The van der Waals surface area contributed by atoms with Gasteiger partial charge >= 0.3 is 12.1 Å². The molecular formula is C15H27F3N2O6. The SMILES string of the molecule is CNC(=O)CCOCCOCCOCCOCCN(C)C(=O)C(F)(F)F. The Morgan fingerprint density at radius 3 is 1.69 bits per heavy atom. The van der Waals surface area contributed by atoms with E-state index in [-0.39, 0.29) is 32.3 Å². The lowest BCUT2D eigenvalue weighted by atomic mass is 10.4. The van der Waals surface area contributed by atoms with Gasteiger partial charge in [-0.2, -0.15) is 13.2 Å². The average Bonchev–Trinajstić information content (AvgIpc) is 2.59. The van der Waals surface area contributed by atoms with E-state index in [2.05, 4.69) is 5.32 Å². The van der Waals surface area contributed by atoms with Crippen LogP contribution in [0.4, 0.5) is 13.2 Å². The summed E-state index contributed by atoms with van der Waals surface area (Å²) in [6.07, 6.45) is -4.56. The summed E-state index contributed by atoms with van der Waals surface area (Å²) in [5.41, 5.74) is 0. The monoisotopic (exact) mass is 388 g/mol. The molecule has 1 N–H and O–H groups in total. The number of carbonyl (C=O) groups is 2. The maximum absolute atomic E-state index is 12.1. The van der Waals surface area contributed by atoms with Crippen molar-refractivity contribution in [2.45, 2.75) is 12.6 Å². The molecule has 0 aliphatic heterocycles. The molecule has 0 unspecified atom stereocenters. The molecular weight excluding hydrogens is 361 g/mol. The molecule has 0 radical (unpaired) electrons. The van der Waals surface area contributed by atoms with Crippen molar-refractivity contribution in [1.82, 2.24) is 10.2 Å². The minimum absolute atomic E-state index is 0.00836. The first-order valence-corrected chi connectivity index (χ1v) is 8.13. The van der Waals surface area contributed by atoms with E-state index in [0.717, 1.165) is 7.05 Å². The summed E-state index contributed by atoms with van der Waals surface area (Å²) in [7, 11) is 2.62. The Morgan fingerprint density at radius 2 is 1.27 bits per heavy atom. The van der Waals surface area contributed by atoms with Crippen LogP contribution in [0.2, 0.25) is 0 Å². The number of amides is 2. The van der Waals surface area contributed by atoms with Gasteiger partial charge in [0, 0.05) is 27.1 Å². The largest absolute Gasteiger partial charge is 0.471 e. The first kappa shape index (κ1) is 24.6. The average molecular weight is 388 g/mol. The van der Waals surface area contributed by atoms with E-state index in [1.165, 1.54) is 0 Å². The molecule has 0 saturated heterocycles. The highest BCUT2D eigenvalue weighted by Crippen LogP contribution is 2.17. The fraction of sp³-hybridized carbons (Fsp3) is 0.867. The third kappa shape index (κ3) is 13.8. The Labute approximate surface area is 150 Å². The predicted molar refractivity (Wildman–Crippen MR) is 85.7 cm³/mol. The summed E-state index contributed by atoms with van der Waals surface area (Å²) in [5.74, 6) is -1.98. The van der Waals surface area contributed by atoms with Crippen molar-refractivity contribution in [3.05, 3.63) is 0 Å². The molecule has 0 heterocycles. The third-order valence-electron chi connectivity index (χ3n) is 3.03. The maximum atomic E-state index is 12.1. The summed E-state index contributed by atoms with van der Waals surface area (Å²) >= 11 is 0. The van der Waals surface area contributed by atoms with E-state index in [9.17, 15) is 22.8 Å². The Hall–Kier alpha value is -1.43. The highest BCUT2D eigenvalue weighted by atomic mass is 19.4. The summed E-state index contributed by atoms with van der Waals surface area (Å²) in [5, 5.41) is 2.49. The number of nitrogens with one attached hydrogen (secondary N) is 1. The van der Waals surface area contributed by atoms with Gasteiger partial charge in [-0.1, -0.05) is 0 Å². The smallest absolute Gasteiger partial charge is 0.379 e. The van der Waals surface area contributed by atoms with E-state index >= 15 is 0 Å². The molecule has 0 aromatic heterocycles. The number of carbonyl (C=O) groups excluding carboxylic acids is 2. The molecule has 0 saturated carbocycles. The van der Waals surface area contributed by atoms with Gasteiger partial charge in [0.25, 0.3) is 0 Å². The van der Waals surface area contributed by atoms with Crippen LogP contribution in [-0.2, 0) is 28.5 Å². The zero-order valence-corrected chi connectivity index (χ0v) is 15.1. The molecule has 2 amide bonds. The van der Waals surface area contributed by atoms with E-state index in [1.54, 1.807) is 7.05 Å². The Bertz CT molecular complexity index is 396. The second-order valence-electron chi connectivity index (χ2n) is 5.10. The number of likely N-dealkylation sites (N-methyl/N-ethyl adjacent to an activating group) is 1. The Kier molecular flexibility index (Phi) is 13.9. The van der Waals surface area contributed by atoms with Crippen LogP contribution in [0.5, 0.6) is 0 Å². The van der Waals surface area contributed by atoms with Crippen LogP contribution in [0.25, 0.3) is 0 Å². The van der Waals surface area contributed by atoms with Gasteiger partial charge in [0.15, 0.2) is 0 Å². The second kappa shape index (κ2) is 14.7. The minimum atomic E-state index is -4.87. The number of rotatable bonds is 15. The maximum Gasteiger partial charge on any atom is 0.471 e. The molecule has 26 heavy (non-hydrogen) atoms. The second-order valence-corrected chi connectivity index (χ2v) is 5.10. The quantitative estimate of drug-likeness (QED) is 0.404. The van der Waals surface area contributed by atoms with Crippen LogP contribution in [0.1, 0.15) is 6.42 Å².